The molecule has 28 heavy (non-hydrogen) atoms. The van der Waals surface area contributed by atoms with E-state index in [1.807, 2.05) is 17.9 Å². The van der Waals surface area contributed by atoms with Crippen LogP contribution in [0.1, 0.15) is 33.3 Å². The first-order valence-electron chi connectivity index (χ1n) is 8.91. The minimum absolute atomic E-state index is 0.312. The summed E-state index contributed by atoms with van der Waals surface area (Å²) in [6, 6.07) is 5.74. The maximum Gasteiger partial charge on any atom is 0.495 e. The summed E-state index contributed by atoms with van der Waals surface area (Å²) in [5.74, 6) is 0. The Hall–Kier alpha value is -1.67. The molecule has 1 saturated heterocycles. The van der Waals surface area contributed by atoms with Crippen molar-refractivity contribution < 1.29 is 9.31 Å². The molecular formula is C19H23BCl2N4O2. The Bertz CT molecular complexity index is 974. The van der Waals surface area contributed by atoms with Crippen LogP contribution < -0.4 is 5.46 Å². The molecule has 0 unspecified atom stereocenters. The lowest BCUT2D eigenvalue weighted by Gasteiger charge is -2.32. The topological polar surface area (TPSA) is 62.1 Å². The Kier molecular flexibility index (Phi) is 5.74. The molecular weight excluding hydrogens is 398 g/mol. The predicted molar refractivity (Wildman–Crippen MR) is 113 cm³/mol. The van der Waals surface area contributed by atoms with Crippen molar-refractivity contribution in [1.29, 1.82) is 0 Å². The summed E-state index contributed by atoms with van der Waals surface area (Å²) in [5.41, 5.74) is 2.76. The molecule has 148 valence electrons. The Labute approximate surface area is 175 Å². The van der Waals surface area contributed by atoms with Crippen molar-refractivity contribution in [3.8, 4) is 0 Å². The van der Waals surface area contributed by atoms with E-state index < -0.39 is 0 Å². The quantitative estimate of drug-likeness (QED) is 0.440. The van der Waals surface area contributed by atoms with Gasteiger partial charge in [-0.2, -0.15) is 5.10 Å². The fourth-order valence-corrected chi connectivity index (χ4v) is 3.21. The minimum atomic E-state index is -0.315. The van der Waals surface area contributed by atoms with Gasteiger partial charge in [0.05, 0.1) is 22.9 Å². The van der Waals surface area contributed by atoms with E-state index in [4.69, 9.17) is 32.5 Å². The molecule has 0 radical (unpaired) electrons. The van der Waals surface area contributed by atoms with Crippen LogP contribution in [0.5, 0.6) is 0 Å². The second-order valence-corrected chi connectivity index (χ2v) is 8.56. The van der Waals surface area contributed by atoms with Crippen molar-refractivity contribution in [3.63, 3.8) is 0 Å². The second kappa shape index (κ2) is 7.63. The molecule has 9 heteroatoms. The lowest BCUT2D eigenvalue weighted by molar-refractivity contribution is 0.00578. The number of aromatic nitrogens is 4. The molecule has 2 aromatic heterocycles. The molecule has 3 aromatic rings. The van der Waals surface area contributed by atoms with E-state index >= 15 is 0 Å². The van der Waals surface area contributed by atoms with Crippen LogP contribution in [0.4, 0.5) is 0 Å². The van der Waals surface area contributed by atoms with Gasteiger partial charge in [-0.25, -0.2) is 9.97 Å². The number of hydrogen-bond donors (Lipinski definition) is 0. The molecule has 0 saturated carbocycles. The van der Waals surface area contributed by atoms with Gasteiger partial charge in [0.15, 0.2) is 0 Å². The van der Waals surface area contributed by atoms with E-state index in [9.17, 15) is 0 Å². The number of fused-ring (bicyclic) bond motifs is 1. The van der Waals surface area contributed by atoms with Crippen molar-refractivity contribution in [3.05, 3.63) is 46.6 Å². The maximum atomic E-state index is 6.14. The molecule has 1 fully saturated rings. The average Bonchev–Trinajstić information content (AvgIpc) is 3.03. The summed E-state index contributed by atoms with van der Waals surface area (Å²) in [6.07, 6.45) is 3.19. The first-order valence-corrected chi connectivity index (χ1v) is 9.67. The molecule has 0 N–H and O–H groups in total. The number of aryl methyl sites for hydroxylation is 2. The minimum Gasteiger partial charge on any atom is -0.399 e. The number of rotatable bonds is 1. The Morgan fingerprint density at radius 1 is 0.964 bits per heavy atom. The number of hydrogen-bond acceptors (Lipinski definition) is 5. The highest BCUT2D eigenvalue weighted by Crippen LogP contribution is 2.36. The monoisotopic (exact) mass is 420 g/mol. The lowest BCUT2D eigenvalue weighted by atomic mass is 9.76. The van der Waals surface area contributed by atoms with Crippen LogP contribution >= 0.6 is 23.2 Å². The van der Waals surface area contributed by atoms with Gasteiger partial charge in [-0.05, 0) is 51.7 Å². The van der Waals surface area contributed by atoms with Crippen molar-refractivity contribution in [2.45, 2.75) is 45.8 Å². The van der Waals surface area contributed by atoms with Gasteiger partial charge in [-0.1, -0.05) is 29.3 Å². The van der Waals surface area contributed by atoms with E-state index in [1.165, 1.54) is 18.0 Å². The molecule has 1 aliphatic heterocycles. The second-order valence-electron chi connectivity index (χ2n) is 7.79. The summed E-state index contributed by atoms with van der Waals surface area (Å²) in [5, 5.41) is 6.14. The van der Waals surface area contributed by atoms with E-state index in [1.54, 1.807) is 0 Å². The number of halogens is 2. The summed E-state index contributed by atoms with van der Waals surface area (Å²) >= 11 is 10.8. The van der Waals surface area contributed by atoms with Crippen molar-refractivity contribution in [2.24, 2.45) is 7.05 Å². The van der Waals surface area contributed by atoms with Crippen LogP contribution in [0, 0.1) is 6.92 Å². The summed E-state index contributed by atoms with van der Waals surface area (Å²) < 4.78 is 14.2. The Morgan fingerprint density at radius 2 is 1.54 bits per heavy atom. The van der Waals surface area contributed by atoms with Gasteiger partial charge >= 0.3 is 7.12 Å². The van der Waals surface area contributed by atoms with E-state index in [2.05, 4.69) is 61.8 Å². The third kappa shape index (κ3) is 4.18. The molecule has 6 nitrogen and oxygen atoms in total. The van der Waals surface area contributed by atoms with Crippen LogP contribution in [0.2, 0.25) is 10.3 Å². The molecule has 0 bridgehead atoms. The summed E-state index contributed by atoms with van der Waals surface area (Å²) in [4.78, 5) is 7.22. The van der Waals surface area contributed by atoms with Crippen LogP contribution in [0.15, 0.2) is 30.7 Å². The number of benzene rings is 1. The number of nitrogens with zero attached hydrogens (tertiary/aromatic N) is 4. The largest absolute Gasteiger partial charge is 0.495 e. The third-order valence-electron chi connectivity index (χ3n) is 5.24. The van der Waals surface area contributed by atoms with Gasteiger partial charge in [-0.3, -0.25) is 4.68 Å². The molecule has 0 amide bonds. The van der Waals surface area contributed by atoms with Gasteiger partial charge in [0.25, 0.3) is 0 Å². The first kappa shape index (κ1) is 21.1. The Morgan fingerprint density at radius 3 is 2.04 bits per heavy atom. The zero-order valence-electron chi connectivity index (χ0n) is 16.8. The zero-order valence-corrected chi connectivity index (χ0v) is 18.3. The van der Waals surface area contributed by atoms with Crippen molar-refractivity contribution in [2.75, 3.05) is 0 Å². The predicted octanol–water partition coefficient (Wildman–Crippen LogP) is 3.96. The van der Waals surface area contributed by atoms with E-state index in [0.29, 0.717) is 10.3 Å². The summed E-state index contributed by atoms with van der Waals surface area (Å²) in [6.45, 7) is 10.4. The Balaban J connectivity index is 0.000000236. The van der Waals surface area contributed by atoms with Gasteiger partial charge < -0.3 is 9.31 Å². The standard InChI is InChI=1S/C15H21BN2O2.C4H2Cl2N2/c1-10-7-13-11(9-17-18(13)6)8-12(10)16-19-14(2,3)15(4,5)20-16;5-3-1-4(6)8-2-7-3/h7-9H,1-6H3;1-2H. The summed E-state index contributed by atoms with van der Waals surface area (Å²) in [7, 11) is 1.64. The maximum absolute atomic E-state index is 6.14. The zero-order chi connectivity index (χ0) is 20.7. The van der Waals surface area contributed by atoms with E-state index in [0.717, 1.165) is 16.4 Å². The third-order valence-corrected chi connectivity index (χ3v) is 5.65. The van der Waals surface area contributed by atoms with Gasteiger partial charge in [0.2, 0.25) is 0 Å². The van der Waals surface area contributed by atoms with E-state index in [-0.39, 0.29) is 18.3 Å². The average molecular weight is 421 g/mol. The van der Waals surface area contributed by atoms with Crippen LogP contribution in [0.3, 0.4) is 0 Å². The SMILES string of the molecule is Cc1cc2c(cnn2C)cc1B1OC(C)(C)C(C)(C)O1.Clc1cc(Cl)ncn1. The molecule has 0 spiro atoms. The smallest absolute Gasteiger partial charge is 0.399 e. The first-order chi connectivity index (χ1) is 13.0. The highest BCUT2D eigenvalue weighted by Gasteiger charge is 2.52. The fourth-order valence-electron chi connectivity index (χ4n) is 2.86. The normalized spacial score (nSPS) is 17.5. The molecule has 3 heterocycles. The molecule has 0 aliphatic carbocycles. The van der Waals surface area contributed by atoms with Crippen LogP contribution in [-0.4, -0.2) is 38.1 Å². The van der Waals surface area contributed by atoms with Crippen molar-refractivity contribution >= 4 is 46.7 Å². The van der Waals surface area contributed by atoms with Gasteiger partial charge in [0.1, 0.15) is 16.6 Å². The van der Waals surface area contributed by atoms with Crippen LogP contribution in [0.25, 0.3) is 10.9 Å². The van der Waals surface area contributed by atoms with Crippen molar-refractivity contribution in [1.82, 2.24) is 19.7 Å². The van der Waals surface area contributed by atoms with Crippen LogP contribution in [-0.2, 0) is 16.4 Å². The lowest BCUT2D eigenvalue weighted by Crippen LogP contribution is -2.41. The fraction of sp³-hybridized carbons (Fsp3) is 0.421. The molecule has 4 rings (SSSR count). The molecule has 1 aromatic carbocycles. The van der Waals surface area contributed by atoms with Gasteiger partial charge in [-0.15, -0.1) is 0 Å². The highest BCUT2D eigenvalue weighted by atomic mass is 35.5. The molecule has 0 atom stereocenters. The molecule has 1 aliphatic rings. The highest BCUT2D eigenvalue weighted by molar-refractivity contribution is 6.63. The van der Waals surface area contributed by atoms with Gasteiger partial charge in [0, 0.05) is 18.5 Å².